The van der Waals surface area contributed by atoms with Gasteiger partial charge in [0.15, 0.2) is 0 Å². The van der Waals surface area contributed by atoms with Gasteiger partial charge in [-0.25, -0.2) is 0 Å². The summed E-state index contributed by atoms with van der Waals surface area (Å²) >= 11 is 0. The molecule has 1 N–H and O–H groups in total. The number of hydrogen-bond acceptors (Lipinski definition) is 3. The number of aromatic nitrogens is 3. The molecule has 0 saturated carbocycles. The summed E-state index contributed by atoms with van der Waals surface area (Å²) in [7, 11) is 1.87. The summed E-state index contributed by atoms with van der Waals surface area (Å²) in [4.78, 5) is 16.1. The molecule has 20 heavy (non-hydrogen) atoms. The molecule has 0 aliphatic heterocycles. The van der Waals surface area contributed by atoms with E-state index in [-0.39, 0.29) is 5.91 Å². The lowest BCUT2D eigenvalue weighted by molar-refractivity contribution is -0.121. The average molecular weight is 272 g/mol. The van der Waals surface area contributed by atoms with Crippen molar-refractivity contribution in [2.24, 2.45) is 13.0 Å². The van der Waals surface area contributed by atoms with E-state index in [0.717, 1.165) is 16.8 Å². The number of pyridine rings is 1. The van der Waals surface area contributed by atoms with Crippen LogP contribution in [-0.4, -0.2) is 20.7 Å². The quantitative estimate of drug-likeness (QED) is 0.907. The van der Waals surface area contributed by atoms with Crippen LogP contribution in [-0.2, 0) is 18.4 Å². The monoisotopic (exact) mass is 272 g/mol. The fourth-order valence-corrected chi connectivity index (χ4v) is 2.02. The van der Waals surface area contributed by atoms with Crippen molar-refractivity contribution in [2.45, 2.75) is 26.8 Å². The molecule has 0 atom stereocenters. The molecule has 2 aromatic rings. The third-order valence-corrected chi connectivity index (χ3v) is 2.94. The second-order valence-electron chi connectivity index (χ2n) is 5.29. The van der Waals surface area contributed by atoms with E-state index < -0.39 is 0 Å². The van der Waals surface area contributed by atoms with Crippen LogP contribution in [0.25, 0.3) is 11.3 Å². The van der Waals surface area contributed by atoms with E-state index in [1.54, 1.807) is 17.1 Å². The molecule has 2 heterocycles. The molecule has 0 aromatic carbocycles. The Labute approximate surface area is 119 Å². The Kier molecular flexibility index (Phi) is 4.50. The van der Waals surface area contributed by atoms with Crippen LogP contribution in [0.1, 0.15) is 25.8 Å². The maximum atomic E-state index is 11.7. The molecule has 0 fully saturated rings. The van der Waals surface area contributed by atoms with Crippen molar-refractivity contribution in [1.82, 2.24) is 20.1 Å². The largest absolute Gasteiger partial charge is 0.352 e. The summed E-state index contributed by atoms with van der Waals surface area (Å²) in [5.41, 5.74) is 2.82. The molecule has 0 bridgehead atoms. The predicted molar refractivity (Wildman–Crippen MR) is 77.7 cm³/mol. The van der Waals surface area contributed by atoms with Crippen LogP contribution in [0.3, 0.4) is 0 Å². The third kappa shape index (κ3) is 3.66. The lowest BCUT2D eigenvalue weighted by Gasteiger charge is -2.09. The van der Waals surface area contributed by atoms with Gasteiger partial charge in [0, 0.05) is 38.0 Å². The summed E-state index contributed by atoms with van der Waals surface area (Å²) in [6, 6.07) is 3.86. The number of carbonyl (C=O) groups excluding carboxylic acids is 1. The average Bonchev–Trinajstić information content (AvgIpc) is 2.82. The van der Waals surface area contributed by atoms with Crippen molar-refractivity contribution in [2.75, 3.05) is 0 Å². The van der Waals surface area contributed by atoms with Gasteiger partial charge in [0.25, 0.3) is 0 Å². The second kappa shape index (κ2) is 6.32. The molecule has 0 spiro atoms. The molecule has 2 aromatic heterocycles. The fraction of sp³-hybridized carbons (Fsp3) is 0.400. The van der Waals surface area contributed by atoms with Crippen LogP contribution in [0.4, 0.5) is 0 Å². The van der Waals surface area contributed by atoms with Gasteiger partial charge in [0.1, 0.15) is 0 Å². The van der Waals surface area contributed by atoms with E-state index in [2.05, 4.69) is 15.4 Å². The van der Waals surface area contributed by atoms with Crippen LogP contribution in [0.15, 0.2) is 30.7 Å². The van der Waals surface area contributed by atoms with Crippen molar-refractivity contribution in [3.8, 4) is 11.3 Å². The van der Waals surface area contributed by atoms with Gasteiger partial charge >= 0.3 is 0 Å². The van der Waals surface area contributed by atoms with Crippen LogP contribution in [0.2, 0.25) is 0 Å². The minimum absolute atomic E-state index is 0.0704. The van der Waals surface area contributed by atoms with Gasteiger partial charge in [-0.15, -0.1) is 0 Å². The highest BCUT2D eigenvalue weighted by Crippen LogP contribution is 2.20. The topological polar surface area (TPSA) is 59.8 Å². The predicted octanol–water partition coefficient (Wildman–Crippen LogP) is 2.14. The summed E-state index contributed by atoms with van der Waals surface area (Å²) in [5.74, 6) is 0.433. The summed E-state index contributed by atoms with van der Waals surface area (Å²) in [6.45, 7) is 4.55. The Balaban J connectivity index is 2.11. The maximum Gasteiger partial charge on any atom is 0.220 e. The first kappa shape index (κ1) is 14.2. The molecule has 5 heteroatoms. The van der Waals surface area contributed by atoms with Gasteiger partial charge in [0.2, 0.25) is 5.91 Å². The Morgan fingerprint density at radius 1 is 1.45 bits per heavy atom. The van der Waals surface area contributed by atoms with Gasteiger partial charge in [-0.1, -0.05) is 19.9 Å². The second-order valence-corrected chi connectivity index (χ2v) is 5.29. The normalized spacial score (nSPS) is 10.8. The molecule has 0 unspecified atom stereocenters. The molecule has 0 aliphatic rings. The minimum atomic E-state index is 0.0704. The number of rotatable bonds is 5. The lowest BCUT2D eigenvalue weighted by Crippen LogP contribution is -2.24. The van der Waals surface area contributed by atoms with E-state index in [4.69, 9.17) is 0 Å². The first-order valence-corrected chi connectivity index (χ1v) is 6.76. The summed E-state index contributed by atoms with van der Waals surface area (Å²) in [6.07, 6.45) is 5.99. The van der Waals surface area contributed by atoms with Crippen molar-refractivity contribution in [3.63, 3.8) is 0 Å². The highest BCUT2D eigenvalue weighted by atomic mass is 16.1. The SMILES string of the molecule is CC(C)CC(=O)NCc1cccnc1-c1cnn(C)c1. The third-order valence-electron chi connectivity index (χ3n) is 2.94. The van der Waals surface area contributed by atoms with Gasteiger partial charge in [-0.2, -0.15) is 5.10 Å². The molecule has 5 nitrogen and oxygen atoms in total. The van der Waals surface area contributed by atoms with Gasteiger partial charge in [-0.3, -0.25) is 14.5 Å². The molecule has 106 valence electrons. The maximum absolute atomic E-state index is 11.7. The van der Waals surface area contributed by atoms with Crippen molar-refractivity contribution in [3.05, 3.63) is 36.3 Å². The smallest absolute Gasteiger partial charge is 0.220 e. The number of amides is 1. The highest BCUT2D eigenvalue weighted by molar-refractivity contribution is 5.76. The van der Waals surface area contributed by atoms with E-state index >= 15 is 0 Å². The summed E-state index contributed by atoms with van der Waals surface area (Å²) in [5, 5.41) is 7.10. The van der Waals surface area contributed by atoms with Gasteiger partial charge in [0.05, 0.1) is 11.9 Å². The van der Waals surface area contributed by atoms with Crippen molar-refractivity contribution < 1.29 is 4.79 Å². The van der Waals surface area contributed by atoms with Crippen molar-refractivity contribution >= 4 is 5.91 Å². The molecule has 1 amide bonds. The highest BCUT2D eigenvalue weighted by Gasteiger charge is 2.10. The van der Waals surface area contributed by atoms with Gasteiger partial charge in [-0.05, 0) is 17.5 Å². The first-order chi connectivity index (χ1) is 9.56. The Bertz CT molecular complexity index is 589. The van der Waals surface area contributed by atoms with Crippen LogP contribution >= 0.6 is 0 Å². The zero-order valence-corrected chi connectivity index (χ0v) is 12.1. The molecular weight excluding hydrogens is 252 g/mol. The zero-order valence-electron chi connectivity index (χ0n) is 12.1. The Morgan fingerprint density at radius 2 is 2.25 bits per heavy atom. The summed E-state index contributed by atoms with van der Waals surface area (Å²) < 4.78 is 1.74. The standard InChI is InChI=1S/C15H20N4O/c1-11(2)7-14(20)17-8-12-5-4-6-16-15(12)13-9-18-19(3)10-13/h4-6,9-11H,7-8H2,1-3H3,(H,17,20). The Morgan fingerprint density at radius 3 is 2.90 bits per heavy atom. The number of aryl methyl sites for hydroxylation is 1. The lowest BCUT2D eigenvalue weighted by atomic mass is 10.1. The number of carbonyl (C=O) groups is 1. The van der Waals surface area contributed by atoms with Crippen LogP contribution < -0.4 is 5.32 Å². The molecule has 0 aliphatic carbocycles. The first-order valence-electron chi connectivity index (χ1n) is 6.76. The van der Waals surface area contributed by atoms with Crippen LogP contribution in [0.5, 0.6) is 0 Å². The van der Waals surface area contributed by atoms with E-state index in [9.17, 15) is 4.79 Å². The molecular formula is C15H20N4O. The van der Waals surface area contributed by atoms with E-state index in [1.807, 2.05) is 39.2 Å². The van der Waals surface area contributed by atoms with Gasteiger partial charge < -0.3 is 5.32 Å². The fourth-order valence-electron chi connectivity index (χ4n) is 2.02. The minimum Gasteiger partial charge on any atom is -0.352 e. The Hall–Kier alpha value is -2.17. The molecule has 0 saturated heterocycles. The van der Waals surface area contributed by atoms with Crippen LogP contribution in [0, 0.1) is 5.92 Å². The van der Waals surface area contributed by atoms with E-state index in [0.29, 0.717) is 18.9 Å². The van der Waals surface area contributed by atoms with Crippen molar-refractivity contribution in [1.29, 1.82) is 0 Å². The molecule has 0 radical (unpaired) electrons. The number of nitrogens with zero attached hydrogens (tertiary/aromatic N) is 3. The number of hydrogen-bond donors (Lipinski definition) is 1. The zero-order chi connectivity index (χ0) is 14.5. The van der Waals surface area contributed by atoms with E-state index in [1.165, 1.54) is 0 Å². The number of nitrogens with one attached hydrogen (secondary N) is 1. The molecule has 2 rings (SSSR count).